The molecule has 0 fully saturated rings. The Labute approximate surface area is 116 Å². The lowest BCUT2D eigenvalue weighted by Gasteiger charge is -2.22. The fourth-order valence-corrected chi connectivity index (χ4v) is 2.61. The molecule has 2 heteroatoms. The Hall–Kier alpha value is -1.54. The first kappa shape index (κ1) is 13.9. The zero-order valence-electron chi connectivity index (χ0n) is 12.4. The van der Waals surface area contributed by atoms with E-state index in [1.165, 1.54) is 22.0 Å². The second-order valence-electron chi connectivity index (χ2n) is 4.94. The molecule has 2 rings (SSSR count). The van der Waals surface area contributed by atoms with Crippen molar-refractivity contribution in [2.75, 3.05) is 25.0 Å². The predicted octanol–water partition coefficient (Wildman–Crippen LogP) is 3.97. The van der Waals surface area contributed by atoms with Crippen LogP contribution in [0.1, 0.15) is 32.4 Å². The smallest absolute Gasteiger partial charge is 0.0372 e. The summed E-state index contributed by atoms with van der Waals surface area (Å²) in [6.07, 6.45) is 0. The minimum atomic E-state index is 0.378. The van der Waals surface area contributed by atoms with Crippen molar-refractivity contribution in [3.8, 4) is 0 Å². The van der Waals surface area contributed by atoms with Gasteiger partial charge in [0.1, 0.15) is 0 Å². The van der Waals surface area contributed by atoms with E-state index in [1.54, 1.807) is 0 Å². The lowest BCUT2D eigenvalue weighted by molar-refractivity contribution is 0.657. The highest BCUT2D eigenvalue weighted by Gasteiger charge is 2.09. The molecular formula is C17H24N2. The lowest BCUT2D eigenvalue weighted by Crippen LogP contribution is -2.21. The van der Waals surface area contributed by atoms with Crippen molar-refractivity contribution in [3.05, 3.63) is 42.0 Å². The van der Waals surface area contributed by atoms with Crippen molar-refractivity contribution in [2.45, 2.75) is 26.8 Å². The number of nitrogens with one attached hydrogen (secondary N) is 1. The minimum absolute atomic E-state index is 0.378. The van der Waals surface area contributed by atoms with Crippen molar-refractivity contribution >= 4 is 16.5 Å². The highest BCUT2D eigenvalue weighted by atomic mass is 15.1. The van der Waals surface area contributed by atoms with E-state index in [0.29, 0.717) is 6.04 Å². The van der Waals surface area contributed by atoms with E-state index in [2.05, 4.69) is 67.4 Å². The van der Waals surface area contributed by atoms with E-state index in [9.17, 15) is 0 Å². The zero-order valence-corrected chi connectivity index (χ0v) is 12.4. The quantitative estimate of drug-likeness (QED) is 0.871. The van der Waals surface area contributed by atoms with Gasteiger partial charge in [0.2, 0.25) is 0 Å². The SMILES string of the molecule is CCN(CC)c1ccc2c(C(C)NC)cccc2c1. The molecule has 1 unspecified atom stereocenters. The number of rotatable bonds is 5. The first-order valence-corrected chi connectivity index (χ1v) is 7.16. The molecule has 0 aliphatic carbocycles. The van der Waals surface area contributed by atoms with Gasteiger partial charge in [-0.2, -0.15) is 0 Å². The largest absolute Gasteiger partial charge is 0.372 e. The number of benzene rings is 2. The molecule has 0 saturated carbocycles. The summed E-state index contributed by atoms with van der Waals surface area (Å²) in [7, 11) is 2.01. The third kappa shape index (κ3) is 2.74. The van der Waals surface area contributed by atoms with Crippen molar-refractivity contribution in [3.63, 3.8) is 0 Å². The molecular weight excluding hydrogens is 232 g/mol. The van der Waals surface area contributed by atoms with Crippen LogP contribution in [0.5, 0.6) is 0 Å². The van der Waals surface area contributed by atoms with Gasteiger partial charge in [-0.05, 0) is 56.3 Å². The maximum absolute atomic E-state index is 3.32. The molecule has 102 valence electrons. The van der Waals surface area contributed by atoms with Gasteiger partial charge in [-0.25, -0.2) is 0 Å². The van der Waals surface area contributed by atoms with Crippen LogP contribution in [-0.2, 0) is 0 Å². The van der Waals surface area contributed by atoms with E-state index in [-0.39, 0.29) is 0 Å². The summed E-state index contributed by atoms with van der Waals surface area (Å²) >= 11 is 0. The average molecular weight is 256 g/mol. The first-order chi connectivity index (χ1) is 9.21. The third-order valence-corrected chi connectivity index (χ3v) is 3.93. The Bertz CT molecular complexity index is 544. The summed E-state index contributed by atoms with van der Waals surface area (Å²) in [5.74, 6) is 0. The van der Waals surface area contributed by atoms with Gasteiger partial charge < -0.3 is 10.2 Å². The van der Waals surface area contributed by atoms with Gasteiger partial charge in [0.25, 0.3) is 0 Å². The van der Waals surface area contributed by atoms with Crippen molar-refractivity contribution < 1.29 is 0 Å². The molecule has 1 atom stereocenters. The Morgan fingerprint density at radius 1 is 1.11 bits per heavy atom. The molecule has 0 spiro atoms. The highest BCUT2D eigenvalue weighted by Crippen LogP contribution is 2.27. The third-order valence-electron chi connectivity index (χ3n) is 3.93. The van der Waals surface area contributed by atoms with Crippen LogP contribution < -0.4 is 10.2 Å². The number of fused-ring (bicyclic) bond motifs is 1. The van der Waals surface area contributed by atoms with Crippen LogP contribution in [0.3, 0.4) is 0 Å². The topological polar surface area (TPSA) is 15.3 Å². The van der Waals surface area contributed by atoms with Crippen LogP contribution in [0.15, 0.2) is 36.4 Å². The molecule has 0 amide bonds. The van der Waals surface area contributed by atoms with E-state index in [4.69, 9.17) is 0 Å². The fraction of sp³-hybridized carbons (Fsp3) is 0.412. The normalized spacial score (nSPS) is 12.6. The second-order valence-corrected chi connectivity index (χ2v) is 4.94. The Morgan fingerprint density at radius 2 is 1.84 bits per heavy atom. The molecule has 0 aliphatic heterocycles. The monoisotopic (exact) mass is 256 g/mol. The summed E-state index contributed by atoms with van der Waals surface area (Å²) in [5.41, 5.74) is 2.68. The number of hydrogen-bond acceptors (Lipinski definition) is 2. The standard InChI is InChI=1S/C17H24N2/c1-5-19(6-2)15-10-11-17-14(12-15)8-7-9-16(17)13(3)18-4/h7-13,18H,5-6H2,1-4H3. The molecule has 1 N–H and O–H groups in total. The fourth-order valence-electron chi connectivity index (χ4n) is 2.61. The molecule has 0 heterocycles. The summed E-state index contributed by atoms with van der Waals surface area (Å²) in [4.78, 5) is 2.38. The number of anilines is 1. The Balaban J connectivity index is 2.50. The predicted molar refractivity (Wildman–Crippen MR) is 85.0 cm³/mol. The number of hydrogen-bond donors (Lipinski definition) is 1. The number of nitrogens with zero attached hydrogens (tertiary/aromatic N) is 1. The summed E-state index contributed by atoms with van der Waals surface area (Å²) in [6.45, 7) is 8.71. The molecule has 2 aromatic carbocycles. The Morgan fingerprint density at radius 3 is 2.47 bits per heavy atom. The van der Waals surface area contributed by atoms with Crippen molar-refractivity contribution in [1.29, 1.82) is 0 Å². The molecule has 0 radical (unpaired) electrons. The molecule has 0 bridgehead atoms. The maximum Gasteiger partial charge on any atom is 0.0372 e. The van der Waals surface area contributed by atoms with Gasteiger partial charge in [-0.3, -0.25) is 0 Å². The second kappa shape index (κ2) is 6.07. The molecule has 2 aromatic rings. The van der Waals surface area contributed by atoms with Crippen molar-refractivity contribution in [1.82, 2.24) is 5.32 Å². The van der Waals surface area contributed by atoms with E-state index in [0.717, 1.165) is 13.1 Å². The summed E-state index contributed by atoms with van der Waals surface area (Å²) in [6, 6.07) is 13.7. The van der Waals surface area contributed by atoms with Crippen LogP contribution in [-0.4, -0.2) is 20.1 Å². The van der Waals surface area contributed by atoms with Crippen LogP contribution >= 0.6 is 0 Å². The molecule has 19 heavy (non-hydrogen) atoms. The average Bonchev–Trinajstić information content (AvgIpc) is 2.47. The van der Waals surface area contributed by atoms with Crippen LogP contribution in [0.2, 0.25) is 0 Å². The minimum Gasteiger partial charge on any atom is -0.372 e. The van der Waals surface area contributed by atoms with Gasteiger partial charge in [0.15, 0.2) is 0 Å². The van der Waals surface area contributed by atoms with Crippen LogP contribution in [0.4, 0.5) is 5.69 Å². The molecule has 0 aliphatic rings. The van der Waals surface area contributed by atoms with Crippen LogP contribution in [0, 0.1) is 0 Å². The van der Waals surface area contributed by atoms with Gasteiger partial charge in [0, 0.05) is 24.8 Å². The van der Waals surface area contributed by atoms with Gasteiger partial charge >= 0.3 is 0 Å². The molecule has 0 aromatic heterocycles. The van der Waals surface area contributed by atoms with Gasteiger partial charge in [-0.1, -0.05) is 24.3 Å². The van der Waals surface area contributed by atoms with E-state index < -0.39 is 0 Å². The Kier molecular flexibility index (Phi) is 4.43. The van der Waals surface area contributed by atoms with Crippen LogP contribution in [0.25, 0.3) is 10.8 Å². The van der Waals surface area contributed by atoms with E-state index >= 15 is 0 Å². The van der Waals surface area contributed by atoms with Gasteiger partial charge in [-0.15, -0.1) is 0 Å². The van der Waals surface area contributed by atoms with Crippen molar-refractivity contribution in [2.24, 2.45) is 0 Å². The maximum atomic E-state index is 3.32. The highest BCUT2D eigenvalue weighted by molar-refractivity contribution is 5.89. The molecule has 0 saturated heterocycles. The zero-order chi connectivity index (χ0) is 13.8. The van der Waals surface area contributed by atoms with Gasteiger partial charge in [0.05, 0.1) is 0 Å². The summed E-state index contributed by atoms with van der Waals surface area (Å²) < 4.78 is 0. The summed E-state index contributed by atoms with van der Waals surface area (Å²) in [5, 5.41) is 5.99. The first-order valence-electron chi connectivity index (χ1n) is 7.16. The lowest BCUT2D eigenvalue weighted by atomic mass is 9.99. The molecule has 2 nitrogen and oxygen atoms in total. The van der Waals surface area contributed by atoms with E-state index in [1.807, 2.05) is 7.05 Å².